The van der Waals surface area contributed by atoms with Crippen LogP contribution in [0, 0.1) is 6.92 Å². The van der Waals surface area contributed by atoms with Crippen LogP contribution in [0.25, 0.3) is 0 Å². The van der Waals surface area contributed by atoms with Crippen LogP contribution in [0.2, 0.25) is 0 Å². The highest BCUT2D eigenvalue weighted by atomic mass is 16.3. The maximum Gasteiger partial charge on any atom is 0.255 e. The Morgan fingerprint density at radius 1 is 1.39 bits per heavy atom. The summed E-state index contributed by atoms with van der Waals surface area (Å²) in [5.74, 6) is 0.544. The second-order valence-corrected chi connectivity index (χ2v) is 4.11. The lowest BCUT2D eigenvalue weighted by atomic mass is 10.1. The van der Waals surface area contributed by atoms with E-state index in [0.29, 0.717) is 18.5 Å². The molecule has 0 atom stereocenters. The molecular formula is C14H15NO3. The molecule has 0 bridgehead atoms. The molecule has 0 aliphatic carbocycles. The molecule has 0 saturated carbocycles. The number of aryl methyl sites for hydroxylation is 1. The van der Waals surface area contributed by atoms with E-state index in [0.717, 1.165) is 11.3 Å². The van der Waals surface area contributed by atoms with E-state index in [4.69, 9.17) is 4.42 Å². The summed E-state index contributed by atoms with van der Waals surface area (Å²) < 4.78 is 5.16. The topological polar surface area (TPSA) is 62.5 Å². The monoisotopic (exact) mass is 245 g/mol. The largest absolute Gasteiger partial charge is 0.507 e. The molecule has 1 aromatic heterocycles. The van der Waals surface area contributed by atoms with Gasteiger partial charge in [-0.2, -0.15) is 0 Å². The van der Waals surface area contributed by atoms with Gasteiger partial charge in [0.25, 0.3) is 5.91 Å². The summed E-state index contributed by atoms with van der Waals surface area (Å²) in [5.41, 5.74) is 1.23. The third-order valence-corrected chi connectivity index (χ3v) is 2.63. The Morgan fingerprint density at radius 2 is 2.22 bits per heavy atom. The van der Waals surface area contributed by atoms with Gasteiger partial charge >= 0.3 is 0 Å². The van der Waals surface area contributed by atoms with Crippen LogP contribution in [0.15, 0.2) is 41.0 Å². The highest BCUT2D eigenvalue weighted by Crippen LogP contribution is 2.17. The number of hydrogen-bond donors (Lipinski definition) is 2. The Hall–Kier alpha value is -2.23. The van der Waals surface area contributed by atoms with E-state index in [-0.39, 0.29) is 11.7 Å². The fourth-order valence-corrected chi connectivity index (χ4v) is 1.68. The van der Waals surface area contributed by atoms with E-state index >= 15 is 0 Å². The Balaban J connectivity index is 1.93. The lowest BCUT2D eigenvalue weighted by Crippen LogP contribution is -2.25. The van der Waals surface area contributed by atoms with Gasteiger partial charge in [-0.3, -0.25) is 4.79 Å². The zero-order valence-electron chi connectivity index (χ0n) is 10.1. The molecule has 1 aromatic carbocycles. The number of rotatable bonds is 4. The molecule has 0 fully saturated rings. The molecule has 18 heavy (non-hydrogen) atoms. The molecule has 0 spiro atoms. The molecule has 4 heteroatoms. The van der Waals surface area contributed by atoms with Crippen molar-refractivity contribution in [2.45, 2.75) is 13.3 Å². The molecule has 1 heterocycles. The van der Waals surface area contributed by atoms with Gasteiger partial charge < -0.3 is 14.8 Å². The fraction of sp³-hybridized carbons (Fsp3) is 0.214. The first-order valence-corrected chi connectivity index (χ1v) is 5.77. The summed E-state index contributed by atoms with van der Waals surface area (Å²) in [5, 5.41) is 12.4. The summed E-state index contributed by atoms with van der Waals surface area (Å²) in [6, 6.07) is 8.61. The van der Waals surface area contributed by atoms with Crippen LogP contribution in [0.3, 0.4) is 0 Å². The Bertz CT molecular complexity index is 532. The second-order valence-electron chi connectivity index (χ2n) is 4.11. The second kappa shape index (κ2) is 5.40. The third-order valence-electron chi connectivity index (χ3n) is 2.63. The number of nitrogens with one attached hydrogen (secondary N) is 1. The quantitative estimate of drug-likeness (QED) is 0.868. The number of furan rings is 1. The first kappa shape index (κ1) is 12.2. The number of hydrogen-bond acceptors (Lipinski definition) is 3. The molecule has 1 amide bonds. The van der Waals surface area contributed by atoms with E-state index in [1.807, 2.05) is 19.1 Å². The van der Waals surface area contributed by atoms with Gasteiger partial charge in [-0.05, 0) is 31.2 Å². The van der Waals surface area contributed by atoms with Crippen molar-refractivity contribution >= 4 is 5.91 Å². The summed E-state index contributed by atoms with van der Waals surface area (Å²) in [6.07, 6.45) is 2.23. The van der Waals surface area contributed by atoms with Gasteiger partial charge in [0, 0.05) is 13.0 Å². The van der Waals surface area contributed by atoms with Crippen LogP contribution in [-0.4, -0.2) is 17.6 Å². The fourth-order valence-electron chi connectivity index (χ4n) is 1.68. The molecule has 0 aliphatic rings. The van der Waals surface area contributed by atoms with Crippen LogP contribution in [0.5, 0.6) is 5.75 Å². The highest BCUT2D eigenvalue weighted by Gasteiger charge is 2.10. The maximum atomic E-state index is 11.8. The summed E-state index contributed by atoms with van der Waals surface area (Å²) in [6.45, 7) is 2.35. The first-order valence-electron chi connectivity index (χ1n) is 5.77. The number of carbonyl (C=O) groups excluding carboxylic acids is 1. The van der Waals surface area contributed by atoms with E-state index in [9.17, 15) is 9.90 Å². The van der Waals surface area contributed by atoms with E-state index in [2.05, 4.69) is 5.32 Å². The van der Waals surface area contributed by atoms with Gasteiger partial charge in [0.15, 0.2) is 0 Å². The Labute approximate surface area is 105 Å². The van der Waals surface area contributed by atoms with Crippen molar-refractivity contribution in [2.24, 2.45) is 0 Å². The summed E-state index contributed by atoms with van der Waals surface area (Å²) in [7, 11) is 0. The van der Waals surface area contributed by atoms with E-state index < -0.39 is 0 Å². The van der Waals surface area contributed by atoms with Crippen LogP contribution in [0.4, 0.5) is 0 Å². The minimum atomic E-state index is -0.275. The van der Waals surface area contributed by atoms with Crippen molar-refractivity contribution in [3.8, 4) is 5.75 Å². The molecule has 2 N–H and O–H groups in total. The zero-order chi connectivity index (χ0) is 13.0. The molecule has 0 unspecified atom stereocenters. The molecule has 0 saturated heterocycles. The van der Waals surface area contributed by atoms with Crippen molar-refractivity contribution in [2.75, 3.05) is 6.54 Å². The summed E-state index contributed by atoms with van der Waals surface area (Å²) in [4.78, 5) is 11.8. The lowest BCUT2D eigenvalue weighted by Gasteiger charge is -2.06. The molecule has 4 nitrogen and oxygen atoms in total. The van der Waals surface area contributed by atoms with Gasteiger partial charge in [0.1, 0.15) is 11.5 Å². The first-order chi connectivity index (χ1) is 8.66. The average Bonchev–Trinajstić information content (AvgIpc) is 2.85. The zero-order valence-corrected chi connectivity index (χ0v) is 10.1. The minimum absolute atomic E-state index is 0.00361. The van der Waals surface area contributed by atoms with Crippen molar-refractivity contribution in [1.29, 1.82) is 0 Å². The standard InChI is InChI=1S/C14H15NO3/c1-10-4-5-13(16)12(9-10)14(17)15-7-6-11-3-2-8-18-11/h2-5,8-9,16H,6-7H2,1H3,(H,15,17). The lowest BCUT2D eigenvalue weighted by molar-refractivity contribution is 0.0951. The number of benzene rings is 1. The molecule has 94 valence electrons. The van der Waals surface area contributed by atoms with Gasteiger partial charge in [0.05, 0.1) is 11.8 Å². The molecule has 2 aromatic rings. The maximum absolute atomic E-state index is 11.8. The minimum Gasteiger partial charge on any atom is -0.507 e. The molecule has 0 radical (unpaired) electrons. The SMILES string of the molecule is Cc1ccc(O)c(C(=O)NCCc2ccco2)c1. The highest BCUT2D eigenvalue weighted by molar-refractivity contribution is 5.96. The number of phenolic OH excluding ortho intramolecular Hbond substituents is 1. The van der Waals surface area contributed by atoms with Gasteiger partial charge in [-0.25, -0.2) is 0 Å². The van der Waals surface area contributed by atoms with E-state index in [1.165, 1.54) is 6.07 Å². The van der Waals surface area contributed by atoms with Gasteiger partial charge in [0.2, 0.25) is 0 Å². The van der Waals surface area contributed by atoms with Crippen LogP contribution in [0.1, 0.15) is 21.7 Å². The Kier molecular flexibility index (Phi) is 3.67. The average molecular weight is 245 g/mol. The van der Waals surface area contributed by atoms with Crippen molar-refractivity contribution in [1.82, 2.24) is 5.32 Å². The van der Waals surface area contributed by atoms with Crippen LogP contribution < -0.4 is 5.32 Å². The van der Waals surface area contributed by atoms with Gasteiger partial charge in [-0.15, -0.1) is 0 Å². The van der Waals surface area contributed by atoms with Crippen molar-refractivity contribution in [3.63, 3.8) is 0 Å². The number of aromatic hydroxyl groups is 1. The molecule has 0 aliphatic heterocycles. The van der Waals surface area contributed by atoms with Crippen LogP contribution >= 0.6 is 0 Å². The predicted octanol–water partition coefficient (Wildman–Crippen LogP) is 2.27. The predicted molar refractivity (Wildman–Crippen MR) is 67.6 cm³/mol. The number of carbonyl (C=O) groups is 1. The summed E-state index contributed by atoms with van der Waals surface area (Å²) >= 11 is 0. The Morgan fingerprint density at radius 3 is 2.94 bits per heavy atom. The third kappa shape index (κ3) is 2.91. The van der Waals surface area contributed by atoms with Crippen molar-refractivity contribution in [3.05, 3.63) is 53.5 Å². The van der Waals surface area contributed by atoms with E-state index in [1.54, 1.807) is 18.4 Å². The normalized spacial score (nSPS) is 10.3. The van der Waals surface area contributed by atoms with Crippen LogP contribution in [-0.2, 0) is 6.42 Å². The van der Waals surface area contributed by atoms with Crippen molar-refractivity contribution < 1.29 is 14.3 Å². The smallest absolute Gasteiger partial charge is 0.255 e. The number of amides is 1. The number of phenols is 1. The van der Waals surface area contributed by atoms with Gasteiger partial charge in [-0.1, -0.05) is 11.6 Å². The molecule has 2 rings (SSSR count). The molecular weight excluding hydrogens is 230 g/mol.